The highest BCUT2D eigenvalue weighted by molar-refractivity contribution is 7.13. The second-order valence-corrected chi connectivity index (χ2v) is 3.77. The summed E-state index contributed by atoms with van der Waals surface area (Å²) in [5.41, 5.74) is 0. The third kappa shape index (κ3) is 2.43. The quantitative estimate of drug-likeness (QED) is 0.737. The predicted octanol–water partition coefficient (Wildman–Crippen LogP) is 0.873. The molecule has 0 saturated heterocycles. The van der Waals surface area contributed by atoms with E-state index in [1.807, 2.05) is 25.4 Å². The molecule has 1 heterocycles. The average Bonchev–Trinajstić information content (AvgIpc) is 2.56. The number of rotatable bonds is 4. The van der Waals surface area contributed by atoms with Crippen molar-refractivity contribution in [3.8, 4) is 0 Å². The summed E-state index contributed by atoms with van der Waals surface area (Å²) in [7, 11) is 2.03. The molecular weight excluding hydrogens is 170 g/mol. The van der Waals surface area contributed by atoms with Gasteiger partial charge >= 0.3 is 0 Å². The summed E-state index contributed by atoms with van der Waals surface area (Å²) in [6.07, 6.45) is 0.642. The first-order valence-electron chi connectivity index (χ1n) is 4.12. The highest BCUT2D eigenvalue weighted by Crippen LogP contribution is 2.08. The van der Waals surface area contributed by atoms with Gasteiger partial charge in [0.15, 0.2) is 10.8 Å². The van der Waals surface area contributed by atoms with Gasteiger partial charge in [0.05, 0.1) is 7.05 Å². The topological polar surface area (TPSA) is 21.5 Å². The summed E-state index contributed by atoms with van der Waals surface area (Å²) >= 11 is 1.69. The zero-order valence-corrected chi connectivity index (χ0v) is 8.28. The number of Topliss-reactive ketones (excluding diaryl/α,β-unsaturated/α-hetero) is 1. The van der Waals surface area contributed by atoms with Crippen molar-refractivity contribution in [1.82, 2.24) is 0 Å². The number of hydrogen-bond donors (Lipinski definition) is 1. The molecular formula is C9H14NOS+. The molecule has 3 heteroatoms. The van der Waals surface area contributed by atoms with Crippen molar-refractivity contribution >= 4 is 22.1 Å². The molecule has 1 N–H and O–H groups in total. The molecule has 1 atom stereocenters. The molecule has 0 bridgehead atoms. The van der Waals surface area contributed by atoms with Crippen LogP contribution in [0.4, 0.5) is 5.00 Å². The van der Waals surface area contributed by atoms with E-state index in [-0.39, 0.29) is 0 Å². The highest BCUT2D eigenvalue weighted by Gasteiger charge is 2.10. The van der Waals surface area contributed by atoms with E-state index in [4.69, 9.17) is 0 Å². The zero-order chi connectivity index (χ0) is 8.97. The fraction of sp³-hybridized carbons (Fsp3) is 0.444. The first-order chi connectivity index (χ1) is 5.74. The smallest absolute Gasteiger partial charge is 0.186 e. The van der Waals surface area contributed by atoms with E-state index in [1.165, 1.54) is 9.90 Å². The molecule has 0 saturated carbocycles. The van der Waals surface area contributed by atoms with Crippen LogP contribution in [0.1, 0.15) is 13.3 Å². The van der Waals surface area contributed by atoms with Gasteiger partial charge in [0.25, 0.3) is 0 Å². The molecule has 0 amide bonds. The molecule has 0 aliphatic rings. The van der Waals surface area contributed by atoms with E-state index in [0.717, 1.165) is 0 Å². The number of ketones is 1. The van der Waals surface area contributed by atoms with Crippen LogP contribution < -0.4 is 4.90 Å². The predicted molar refractivity (Wildman–Crippen MR) is 51.0 cm³/mol. The van der Waals surface area contributed by atoms with E-state index in [9.17, 15) is 4.79 Å². The molecule has 0 aliphatic heterocycles. The van der Waals surface area contributed by atoms with Gasteiger partial charge in [-0.1, -0.05) is 18.3 Å². The highest BCUT2D eigenvalue weighted by atomic mass is 32.1. The molecule has 0 spiro atoms. The lowest BCUT2D eigenvalue weighted by Gasteiger charge is -2.08. The fourth-order valence-electron chi connectivity index (χ4n) is 1.03. The summed E-state index contributed by atoms with van der Waals surface area (Å²) in [4.78, 5) is 12.3. The minimum Gasteiger partial charge on any atom is -0.293 e. The molecule has 0 aliphatic carbocycles. The Bertz CT molecular complexity index is 243. The van der Waals surface area contributed by atoms with Gasteiger partial charge in [-0.05, 0) is 11.4 Å². The maximum atomic E-state index is 11.1. The van der Waals surface area contributed by atoms with Gasteiger partial charge in [0, 0.05) is 12.5 Å². The summed E-state index contributed by atoms with van der Waals surface area (Å²) < 4.78 is 0. The Balaban J connectivity index is 2.49. The normalized spacial score (nSPS) is 12.8. The molecule has 1 aromatic heterocycles. The van der Waals surface area contributed by atoms with Gasteiger partial charge in [-0.25, -0.2) is 0 Å². The Hall–Kier alpha value is -0.670. The van der Waals surface area contributed by atoms with Crippen LogP contribution in [0.2, 0.25) is 0 Å². The Morgan fingerprint density at radius 2 is 2.42 bits per heavy atom. The van der Waals surface area contributed by atoms with E-state index >= 15 is 0 Å². The van der Waals surface area contributed by atoms with Crippen LogP contribution in [-0.4, -0.2) is 19.4 Å². The number of carbonyl (C=O) groups excluding carboxylic acids is 1. The van der Waals surface area contributed by atoms with Crippen LogP contribution in [0.3, 0.4) is 0 Å². The molecule has 12 heavy (non-hydrogen) atoms. The van der Waals surface area contributed by atoms with Crippen LogP contribution in [-0.2, 0) is 4.79 Å². The Morgan fingerprint density at radius 1 is 1.67 bits per heavy atom. The van der Waals surface area contributed by atoms with Crippen molar-refractivity contribution in [2.24, 2.45) is 0 Å². The minimum atomic E-state index is 0.320. The van der Waals surface area contributed by atoms with Crippen LogP contribution in [0.5, 0.6) is 0 Å². The lowest BCUT2D eigenvalue weighted by Crippen LogP contribution is -3.04. The summed E-state index contributed by atoms with van der Waals surface area (Å²) in [5.74, 6) is 0.320. The lowest BCUT2D eigenvalue weighted by atomic mass is 10.3. The summed E-state index contributed by atoms with van der Waals surface area (Å²) in [6, 6.07) is 4.07. The van der Waals surface area contributed by atoms with Crippen LogP contribution in [0, 0.1) is 0 Å². The van der Waals surface area contributed by atoms with Gasteiger partial charge in [0.2, 0.25) is 0 Å². The second kappa shape index (κ2) is 4.38. The monoisotopic (exact) mass is 184 g/mol. The number of quaternary nitrogens is 1. The molecule has 0 fully saturated rings. The first kappa shape index (κ1) is 9.42. The molecule has 0 aromatic carbocycles. The lowest BCUT2D eigenvalue weighted by molar-refractivity contribution is -0.797. The van der Waals surface area contributed by atoms with Gasteiger partial charge in [-0.3, -0.25) is 9.69 Å². The average molecular weight is 184 g/mol. The van der Waals surface area contributed by atoms with Crippen molar-refractivity contribution < 1.29 is 9.69 Å². The van der Waals surface area contributed by atoms with E-state index < -0.39 is 0 Å². The van der Waals surface area contributed by atoms with Crippen molar-refractivity contribution in [1.29, 1.82) is 0 Å². The van der Waals surface area contributed by atoms with E-state index in [1.54, 1.807) is 11.3 Å². The standard InChI is InChI=1S/C9H13NOS/c1-3-8(11)7-10(2)9-5-4-6-12-9/h4-6H,3,7H2,1-2H3/p+1. The van der Waals surface area contributed by atoms with E-state index in [0.29, 0.717) is 18.7 Å². The SMILES string of the molecule is CCC(=O)C[NH+](C)c1cccs1. The molecule has 1 aromatic rings. The fourth-order valence-corrected chi connectivity index (χ4v) is 1.76. The van der Waals surface area contributed by atoms with Gasteiger partial charge in [-0.15, -0.1) is 0 Å². The van der Waals surface area contributed by atoms with Crippen LogP contribution in [0.25, 0.3) is 0 Å². The first-order valence-corrected chi connectivity index (χ1v) is 5.00. The maximum absolute atomic E-state index is 11.1. The van der Waals surface area contributed by atoms with Crippen molar-refractivity contribution in [3.63, 3.8) is 0 Å². The third-order valence-corrected chi connectivity index (χ3v) is 2.83. The van der Waals surface area contributed by atoms with Gasteiger partial charge < -0.3 is 0 Å². The Morgan fingerprint density at radius 3 is 2.92 bits per heavy atom. The number of carbonyl (C=O) groups is 1. The van der Waals surface area contributed by atoms with Gasteiger partial charge in [0.1, 0.15) is 6.54 Å². The molecule has 1 unspecified atom stereocenters. The zero-order valence-electron chi connectivity index (χ0n) is 7.46. The second-order valence-electron chi connectivity index (χ2n) is 2.83. The summed E-state index contributed by atoms with van der Waals surface area (Å²) in [6.45, 7) is 2.51. The minimum absolute atomic E-state index is 0.320. The van der Waals surface area contributed by atoms with Gasteiger partial charge in [-0.2, -0.15) is 0 Å². The van der Waals surface area contributed by atoms with Crippen molar-refractivity contribution in [2.75, 3.05) is 13.6 Å². The molecule has 2 nitrogen and oxygen atoms in total. The largest absolute Gasteiger partial charge is 0.293 e. The Kier molecular flexibility index (Phi) is 3.44. The molecule has 0 radical (unpaired) electrons. The number of hydrogen-bond acceptors (Lipinski definition) is 2. The Labute approximate surface area is 76.8 Å². The third-order valence-electron chi connectivity index (χ3n) is 1.80. The molecule has 66 valence electrons. The van der Waals surface area contributed by atoms with Crippen LogP contribution >= 0.6 is 11.3 Å². The van der Waals surface area contributed by atoms with Crippen molar-refractivity contribution in [2.45, 2.75) is 13.3 Å². The number of likely N-dealkylation sites (N-methyl/N-ethyl adjacent to an activating group) is 1. The van der Waals surface area contributed by atoms with Crippen LogP contribution in [0.15, 0.2) is 17.5 Å². The van der Waals surface area contributed by atoms with Crippen molar-refractivity contribution in [3.05, 3.63) is 17.5 Å². The summed E-state index contributed by atoms with van der Waals surface area (Å²) in [5, 5.41) is 3.27. The number of thiophene rings is 1. The van der Waals surface area contributed by atoms with E-state index in [2.05, 4.69) is 6.07 Å². The number of nitrogens with one attached hydrogen (secondary N) is 1. The molecule has 1 rings (SSSR count). The maximum Gasteiger partial charge on any atom is 0.186 e.